The Labute approximate surface area is 405 Å². The van der Waals surface area contributed by atoms with E-state index in [0.717, 1.165) is 77.0 Å². The molecular formula is C58H97NO7. The molecule has 0 aromatic carbocycles. The van der Waals surface area contributed by atoms with Gasteiger partial charge in [0, 0.05) is 19.3 Å². The van der Waals surface area contributed by atoms with Crippen molar-refractivity contribution in [2.45, 2.75) is 212 Å². The Kier molecular flexibility index (Phi) is 45.0. The van der Waals surface area contributed by atoms with Crippen LogP contribution in [0.1, 0.15) is 200 Å². The van der Waals surface area contributed by atoms with Crippen molar-refractivity contribution in [3.8, 4) is 0 Å². The fraction of sp³-hybridized carbons (Fsp3) is 0.672. The van der Waals surface area contributed by atoms with Crippen molar-refractivity contribution >= 4 is 17.9 Å². The molecule has 0 amide bonds. The van der Waals surface area contributed by atoms with Gasteiger partial charge >= 0.3 is 11.9 Å². The molecule has 0 aliphatic carbocycles. The Morgan fingerprint density at radius 1 is 0.470 bits per heavy atom. The summed E-state index contributed by atoms with van der Waals surface area (Å²) in [4.78, 5) is 37.0. The summed E-state index contributed by atoms with van der Waals surface area (Å²) in [5.41, 5.74) is 0. The first-order valence-corrected chi connectivity index (χ1v) is 26.3. The van der Waals surface area contributed by atoms with Gasteiger partial charge in [-0.1, -0.05) is 195 Å². The molecule has 0 radical (unpaired) electrons. The minimum absolute atomic E-state index is 0.00830. The normalized spacial score (nSPS) is 13.7. The molecule has 0 N–H and O–H groups in total. The van der Waals surface area contributed by atoms with Gasteiger partial charge in [0.15, 0.2) is 6.10 Å². The molecular weight excluding hydrogens is 823 g/mol. The fourth-order valence-electron chi connectivity index (χ4n) is 7.19. The molecule has 0 rings (SSSR count). The van der Waals surface area contributed by atoms with Crippen molar-refractivity contribution in [2.24, 2.45) is 0 Å². The van der Waals surface area contributed by atoms with E-state index < -0.39 is 18.1 Å². The molecule has 2 atom stereocenters. The van der Waals surface area contributed by atoms with Crippen LogP contribution in [0.5, 0.6) is 0 Å². The van der Waals surface area contributed by atoms with Crippen LogP contribution in [-0.4, -0.2) is 75.5 Å². The molecule has 0 fully saturated rings. The molecule has 0 heterocycles. The van der Waals surface area contributed by atoms with Gasteiger partial charge in [-0.15, -0.1) is 0 Å². The van der Waals surface area contributed by atoms with Gasteiger partial charge in [0.25, 0.3) is 0 Å². The topological polar surface area (TPSA) is 102 Å². The van der Waals surface area contributed by atoms with Crippen LogP contribution < -0.4 is 5.11 Å². The van der Waals surface area contributed by atoms with Gasteiger partial charge in [0.05, 0.1) is 40.3 Å². The second-order valence-electron chi connectivity index (χ2n) is 18.4. The molecule has 0 saturated heterocycles. The monoisotopic (exact) mass is 920 g/mol. The molecule has 66 heavy (non-hydrogen) atoms. The van der Waals surface area contributed by atoms with Gasteiger partial charge in [-0.3, -0.25) is 9.59 Å². The third-order valence-corrected chi connectivity index (χ3v) is 11.2. The van der Waals surface area contributed by atoms with Crippen molar-refractivity contribution in [3.63, 3.8) is 0 Å². The minimum atomic E-state index is -1.14. The Hall–Kier alpha value is -3.75. The average molecular weight is 920 g/mol. The summed E-state index contributed by atoms with van der Waals surface area (Å²) in [6.45, 7) is 4.46. The highest BCUT2D eigenvalue weighted by Crippen LogP contribution is 2.14. The summed E-state index contributed by atoms with van der Waals surface area (Å²) < 4.78 is 17.1. The van der Waals surface area contributed by atoms with Crippen LogP contribution in [0.2, 0.25) is 0 Å². The highest BCUT2D eigenvalue weighted by molar-refractivity contribution is 5.70. The van der Waals surface area contributed by atoms with Crippen LogP contribution in [0.3, 0.4) is 0 Å². The van der Waals surface area contributed by atoms with E-state index >= 15 is 0 Å². The number of carbonyl (C=O) groups is 3. The summed E-state index contributed by atoms with van der Waals surface area (Å²) >= 11 is 0. The molecule has 8 nitrogen and oxygen atoms in total. The third kappa shape index (κ3) is 45.4. The first-order valence-electron chi connectivity index (χ1n) is 26.3. The van der Waals surface area contributed by atoms with Gasteiger partial charge in [0.1, 0.15) is 12.6 Å². The number of quaternary nitrogens is 1. The number of rotatable bonds is 46. The van der Waals surface area contributed by atoms with Crippen molar-refractivity contribution in [1.82, 2.24) is 0 Å². The number of nitrogens with zero attached hydrogens (tertiary/aromatic N) is 1. The SMILES string of the molecule is CC/C=C/C/C=C/C/C=C/C/C=C/C/C=C/C/C=C/CCC(=O)OCC(COCCC(C(=O)[O-])[N+](C)(C)C)OC(=O)CCCCCCCCC/C=C/C/C=C/CCCCCCCCCCC. The molecule has 0 aliphatic rings. The van der Waals surface area contributed by atoms with Crippen molar-refractivity contribution < 1.29 is 38.2 Å². The standard InChI is InChI=1S/C58H97NO7/c1-6-8-10-12-14-16-18-20-22-24-26-27-28-29-31-33-35-37-39-41-43-45-47-49-57(61)66-54(52-64-51-50-55(58(62)63)59(3,4)5)53-65-56(60)48-46-44-42-40-38-36-34-32-30-25-23-21-19-17-15-13-11-9-7-2/h9,11,15,17,21,23,26-27,29-32,36,38,42,44,54-55H,6-8,10,12-14,16,18-20,22,24-25,28,33-35,37,39-41,43,45-53H2,1-5H3/b11-9+,17-15+,23-21+,27-26+,31-29+,32-30+,38-36+,44-42+. The van der Waals surface area contributed by atoms with Crippen molar-refractivity contribution in [2.75, 3.05) is 41.0 Å². The van der Waals surface area contributed by atoms with E-state index in [2.05, 4.69) is 98.9 Å². The Morgan fingerprint density at radius 3 is 1.32 bits per heavy atom. The molecule has 8 heteroatoms. The predicted molar refractivity (Wildman–Crippen MR) is 277 cm³/mol. The number of aliphatic carboxylic acids is 1. The highest BCUT2D eigenvalue weighted by Gasteiger charge is 2.25. The van der Waals surface area contributed by atoms with E-state index in [0.29, 0.717) is 12.8 Å². The molecule has 0 aliphatic heterocycles. The Bertz CT molecular complexity index is 1400. The summed E-state index contributed by atoms with van der Waals surface area (Å²) in [6, 6.07) is -0.744. The zero-order chi connectivity index (χ0) is 48.4. The van der Waals surface area contributed by atoms with Gasteiger partial charge in [-0.2, -0.15) is 0 Å². The lowest BCUT2D eigenvalue weighted by atomic mass is 10.1. The largest absolute Gasteiger partial charge is 0.544 e. The van der Waals surface area contributed by atoms with E-state index in [4.69, 9.17) is 14.2 Å². The second kappa shape index (κ2) is 47.7. The first kappa shape index (κ1) is 62.2. The van der Waals surface area contributed by atoms with Crippen LogP contribution in [0, 0.1) is 0 Å². The lowest BCUT2D eigenvalue weighted by Gasteiger charge is -2.34. The Balaban J connectivity index is 4.37. The molecule has 0 spiro atoms. The third-order valence-electron chi connectivity index (χ3n) is 11.2. The zero-order valence-electron chi connectivity index (χ0n) is 42.8. The number of carboxylic acid groups (broad SMARTS) is 1. The number of unbranched alkanes of at least 4 members (excludes halogenated alkanes) is 16. The van der Waals surface area contributed by atoms with Crippen LogP contribution in [0.25, 0.3) is 0 Å². The fourth-order valence-corrected chi connectivity index (χ4v) is 7.19. The molecule has 2 unspecified atom stereocenters. The number of esters is 2. The molecule has 0 aromatic heterocycles. The minimum Gasteiger partial charge on any atom is -0.544 e. The maximum absolute atomic E-state index is 12.8. The van der Waals surface area contributed by atoms with Crippen LogP contribution >= 0.6 is 0 Å². The maximum Gasteiger partial charge on any atom is 0.306 e. The van der Waals surface area contributed by atoms with E-state index in [1.165, 1.54) is 83.5 Å². The summed E-state index contributed by atoms with van der Waals surface area (Å²) in [7, 11) is 5.38. The summed E-state index contributed by atoms with van der Waals surface area (Å²) in [5, 5.41) is 11.7. The number of carbonyl (C=O) groups excluding carboxylic acids is 3. The van der Waals surface area contributed by atoms with E-state index in [-0.39, 0.29) is 49.1 Å². The molecule has 376 valence electrons. The number of carboxylic acids is 1. The number of hydrogen-bond donors (Lipinski definition) is 0. The zero-order valence-corrected chi connectivity index (χ0v) is 42.8. The quantitative estimate of drug-likeness (QED) is 0.0259. The van der Waals surface area contributed by atoms with Crippen LogP contribution in [0.15, 0.2) is 97.2 Å². The lowest BCUT2D eigenvalue weighted by molar-refractivity contribution is -0.889. The molecule has 0 bridgehead atoms. The number of allylic oxidation sites excluding steroid dienone is 16. The number of likely N-dealkylation sites (N-methyl/N-ethyl adjacent to an activating group) is 1. The van der Waals surface area contributed by atoms with E-state index in [9.17, 15) is 19.5 Å². The van der Waals surface area contributed by atoms with Gasteiger partial charge < -0.3 is 28.6 Å². The van der Waals surface area contributed by atoms with Crippen molar-refractivity contribution in [1.29, 1.82) is 0 Å². The van der Waals surface area contributed by atoms with E-state index in [1.807, 2.05) is 12.2 Å². The van der Waals surface area contributed by atoms with Crippen molar-refractivity contribution in [3.05, 3.63) is 97.2 Å². The summed E-state index contributed by atoms with van der Waals surface area (Å²) in [6.07, 6.45) is 64.6. The second-order valence-corrected chi connectivity index (χ2v) is 18.4. The van der Waals surface area contributed by atoms with Gasteiger partial charge in [0.2, 0.25) is 0 Å². The maximum atomic E-state index is 12.8. The smallest absolute Gasteiger partial charge is 0.306 e. The van der Waals surface area contributed by atoms with Crippen LogP contribution in [0.4, 0.5) is 0 Å². The van der Waals surface area contributed by atoms with Gasteiger partial charge in [-0.25, -0.2) is 0 Å². The highest BCUT2D eigenvalue weighted by atomic mass is 16.6. The van der Waals surface area contributed by atoms with Crippen LogP contribution in [-0.2, 0) is 28.6 Å². The number of hydrogen-bond acceptors (Lipinski definition) is 7. The molecule has 0 aromatic rings. The average Bonchev–Trinajstić information content (AvgIpc) is 3.28. The summed E-state index contributed by atoms with van der Waals surface area (Å²) in [5.74, 6) is -1.86. The predicted octanol–water partition coefficient (Wildman–Crippen LogP) is 14.1. The van der Waals surface area contributed by atoms with E-state index in [1.54, 1.807) is 21.1 Å². The van der Waals surface area contributed by atoms with Gasteiger partial charge in [-0.05, 0) is 83.5 Å². The number of ether oxygens (including phenoxy) is 3. The molecule has 0 saturated carbocycles. The Morgan fingerprint density at radius 2 is 0.879 bits per heavy atom. The lowest BCUT2D eigenvalue weighted by Crippen LogP contribution is -2.55. The first-order chi connectivity index (χ1) is 32.1.